The maximum Gasteiger partial charge on any atom is -0.0285 e. The van der Waals surface area contributed by atoms with Gasteiger partial charge in [-0.2, -0.15) is 0 Å². The zero-order valence-electron chi connectivity index (χ0n) is 3.91. The van der Waals surface area contributed by atoms with Crippen LogP contribution in [0.25, 0.3) is 0 Å². The lowest BCUT2D eigenvalue weighted by Crippen LogP contribution is -1.89. The molecule has 0 bridgehead atoms. The molecule has 1 aliphatic carbocycles. The number of allylic oxidation sites excluding steroid dienone is 2. The van der Waals surface area contributed by atoms with Crippen LogP contribution in [-0.4, -0.2) is 0 Å². The van der Waals surface area contributed by atoms with Crippen molar-refractivity contribution in [2.45, 2.75) is 19.3 Å². The van der Waals surface area contributed by atoms with Crippen LogP contribution < -0.4 is 0 Å². The molecule has 0 saturated carbocycles. The molecule has 0 atom stereocenters. The summed E-state index contributed by atoms with van der Waals surface area (Å²) < 4.78 is 0. The molecule has 0 N–H and O–H groups in total. The highest BCUT2D eigenvalue weighted by atomic mass is 14.1. The first-order chi connectivity index (χ1) is 2.93. The molecule has 0 aromatic rings. The minimum atomic E-state index is 1.03. The van der Waals surface area contributed by atoms with Crippen molar-refractivity contribution in [2.24, 2.45) is 0 Å². The summed E-state index contributed by atoms with van der Waals surface area (Å²) in [5, 5.41) is 0. The lowest BCUT2D eigenvalue weighted by atomic mass is 9.97. The van der Waals surface area contributed by atoms with Crippen molar-refractivity contribution < 1.29 is 0 Å². The Kier molecular flexibility index (Phi) is 0.952. The van der Waals surface area contributed by atoms with Crippen LogP contribution in [0.1, 0.15) is 19.3 Å². The van der Waals surface area contributed by atoms with E-state index in [-0.39, 0.29) is 0 Å². The van der Waals surface area contributed by atoms with Gasteiger partial charge in [0, 0.05) is 0 Å². The summed E-state index contributed by atoms with van der Waals surface area (Å²) >= 11 is 0. The first-order valence-corrected chi connectivity index (χ1v) is 2.40. The van der Waals surface area contributed by atoms with Crippen molar-refractivity contribution in [3.63, 3.8) is 0 Å². The smallest absolute Gasteiger partial charge is 0.0285 e. The van der Waals surface area contributed by atoms with Crippen molar-refractivity contribution >= 4 is 0 Å². The van der Waals surface area contributed by atoms with Gasteiger partial charge in [0.25, 0.3) is 0 Å². The highest BCUT2D eigenvalue weighted by Crippen LogP contribution is 2.19. The summed E-state index contributed by atoms with van der Waals surface area (Å²) in [4.78, 5) is 0. The van der Waals surface area contributed by atoms with Crippen LogP contribution in [0.3, 0.4) is 0 Å². The average Bonchev–Trinajstić information content (AvgIpc) is 1.31. The van der Waals surface area contributed by atoms with Gasteiger partial charge in [-0.15, -0.1) is 0 Å². The Morgan fingerprint density at radius 2 is 2.50 bits per heavy atom. The largest absolute Gasteiger partial charge is 0.0850 e. The Morgan fingerprint density at radius 1 is 1.83 bits per heavy atom. The van der Waals surface area contributed by atoms with E-state index in [1.54, 1.807) is 0 Å². The van der Waals surface area contributed by atoms with Crippen LogP contribution in [0.15, 0.2) is 11.6 Å². The predicted molar refractivity (Wildman–Crippen MR) is 27.3 cm³/mol. The fourth-order valence-corrected chi connectivity index (χ4v) is 0.576. The van der Waals surface area contributed by atoms with Crippen molar-refractivity contribution in [3.05, 3.63) is 18.6 Å². The third-order valence-electron chi connectivity index (χ3n) is 1.22. The fourth-order valence-electron chi connectivity index (χ4n) is 0.576. The van der Waals surface area contributed by atoms with E-state index < -0.39 is 0 Å². The third kappa shape index (κ3) is 0.469. The summed E-state index contributed by atoms with van der Waals surface area (Å²) in [6, 6.07) is 0. The van der Waals surface area contributed by atoms with Crippen LogP contribution >= 0.6 is 0 Å². The summed E-state index contributed by atoms with van der Waals surface area (Å²) in [6.45, 7) is 3.74. The lowest BCUT2D eigenvalue weighted by Gasteiger charge is -2.09. The van der Waals surface area contributed by atoms with Crippen LogP contribution in [0.4, 0.5) is 0 Å². The van der Waals surface area contributed by atoms with Gasteiger partial charge in [0.05, 0.1) is 0 Å². The highest BCUT2D eigenvalue weighted by molar-refractivity contribution is 5.12. The minimum Gasteiger partial charge on any atom is -0.0850 e. The zero-order chi connectivity index (χ0) is 4.41. The Bertz CT molecular complexity index is 70.1. The molecule has 0 heterocycles. The van der Waals surface area contributed by atoms with Gasteiger partial charge in [0.1, 0.15) is 0 Å². The first kappa shape index (κ1) is 3.91. The van der Waals surface area contributed by atoms with E-state index in [4.69, 9.17) is 0 Å². The molecule has 0 nitrogen and oxygen atoms in total. The summed E-state index contributed by atoms with van der Waals surface area (Å²) in [6.07, 6.45) is 5.89. The van der Waals surface area contributed by atoms with Crippen LogP contribution in [-0.2, 0) is 0 Å². The fraction of sp³-hybridized carbons (Fsp3) is 0.500. The molecule has 0 aromatic heterocycles. The van der Waals surface area contributed by atoms with E-state index >= 15 is 0 Å². The van der Waals surface area contributed by atoms with Gasteiger partial charge in [-0.1, -0.05) is 11.6 Å². The lowest BCUT2D eigenvalue weighted by molar-refractivity contribution is 0.840. The maximum absolute atomic E-state index is 3.74. The number of hydrogen-bond donors (Lipinski definition) is 0. The predicted octanol–water partition coefficient (Wildman–Crippen LogP) is 1.93. The SMILES string of the molecule is [CH2]CC1=CCC1. The maximum atomic E-state index is 3.74. The molecule has 0 aromatic carbocycles. The summed E-state index contributed by atoms with van der Waals surface area (Å²) in [7, 11) is 0. The van der Waals surface area contributed by atoms with Gasteiger partial charge in [-0.3, -0.25) is 0 Å². The molecule has 33 valence electrons. The van der Waals surface area contributed by atoms with Gasteiger partial charge in [0.2, 0.25) is 0 Å². The van der Waals surface area contributed by atoms with E-state index in [2.05, 4.69) is 13.0 Å². The van der Waals surface area contributed by atoms with Gasteiger partial charge in [-0.05, 0) is 26.2 Å². The molecular formula is C6H9. The van der Waals surface area contributed by atoms with Crippen molar-refractivity contribution in [2.75, 3.05) is 0 Å². The summed E-state index contributed by atoms with van der Waals surface area (Å²) in [5.74, 6) is 0. The monoisotopic (exact) mass is 81.1 g/mol. The van der Waals surface area contributed by atoms with E-state index in [0.717, 1.165) is 6.42 Å². The molecule has 0 saturated heterocycles. The molecule has 6 heavy (non-hydrogen) atoms. The molecule has 0 fully saturated rings. The topological polar surface area (TPSA) is 0 Å². The van der Waals surface area contributed by atoms with Crippen LogP contribution in [0.2, 0.25) is 0 Å². The standard InChI is InChI=1S/C6H9/c1-2-6-4-3-5-6/h4H,1-3,5H2. The summed E-state index contributed by atoms with van der Waals surface area (Å²) in [5.41, 5.74) is 1.54. The molecule has 1 radical (unpaired) electrons. The molecule has 0 unspecified atom stereocenters. The molecule has 1 aliphatic rings. The Labute approximate surface area is 38.9 Å². The Balaban J connectivity index is 2.32. The second kappa shape index (κ2) is 1.46. The number of hydrogen-bond acceptors (Lipinski definition) is 0. The highest BCUT2D eigenvalue weighted by Gasteiger charge is 1.99. The molecule has 0 spiro atoms. The van der Waals surface area contributed by atoms with Crippen LogP contribution in [0, 0.1) is 6.92 Å². The van der Waals surface area contributed by atoms with Crippen molar-refractivity contribution in [1.29, 1.82) is 0 Å². The Morgan fingerprint density at radius 3 is 2.50 bits per heavy atom. The van der Waals surface area contributed by atoms with Gasteiger partial charge in [0.15, 0.2) is 0 Å². The van der Waals surface area contributed by atoms with Gasteiger partial charge < -0.3 is 0 Å². The van der Waals surface area contributed by atoms with Crippen molar-refractivity contribution in [1.82, 2.24) is 0 Å². The van der Waals surface area contributed by atoms with Gasteiger partial charge >= 0.3 is 0 Å². The zero-order valence-corrected chi connectivity index (χ0v) is 3.91. The number of rotatable bonds is 1. The second-order valence-corrected chi connectivity index (χ2v) is 1.65. The molecule has 0 aliphatic heterocycles. The normalized spacial score (nSPS) is 19.2. The molecule has 0 amide bonds. The quantitative estimate of drug-likeness (QED) is 0.423. The van der Waals surface area contributed by atoms with E-state index in [1.165, 1.54) is 18.4 Å². The molecule has 1 rings (SSSR count). The van der Waals surface area contributed by atoms with Crippen molar-refractivity contribution in [3.8, 4) is 0 Å². The molecule has 0 heteroatoms. The first-order valence-electron chi connectivity index (χ1n) is 2.40. The second-order valence-electron chi connectivity index (χ2n) is 1.65. The van der Waals surface area contributed by atoms with Crippen LogP contribution in [0.5, 0.6) is 0 Å². The van der Waals surface area contributed by atoms with E-state index in [9.17, 15) is 0 Å². The molecular weight excluding hydrogens is 72.1 g/mol. The minimum absolute atomic E-state index is 1.03. The van der Waals surface area contributed by atoms with E-state index in [0.29, 0.717) is 0 Å². The van der Waals surface area contributed by atoms with Gasteiger partial charge in [-0.25, -0.2) is 0 Å². The average molecular weight is 81.1 g/mol. The Hall–Kier alpha value is -0.260. The third-order valence-corrected chi connectivity index (χ3v) is 1.22. The van der Waals surface area contributed by atoms with E-state index in [1.807, 2.05) is 0 Å².